The number of carbonyl (C=O) groups excluding carboxylic acids is 2. The maximum absolute atomic E-state index is 14.5. The van der Waals surface area contributed by atoms with Gasteiger partial charge in [-0.15, -0.1) is 11.3 Å². The summed E-state index contributed by atoms with van der Waals surface area (Å²) in [5, 5.41) is 14.5. The number of rotatable bonds is 14. The first-order valence-corrected chi connectivity index (χ1v) is 17.7. The SMILES string of the molecule is Cc1csc([C@H]2CCCN2C(=O)c2cc(C(=O)C[C@@H](Cc3ccccc3)[C@H](O)CCCc3cncc(C(C)(C)F)c3)cc(N(C)C)c2)n1. The third-order valence-corrected chi connectivity index (χ3v) is 10.3. The zero-order chi connectivity index (χ0) is 34.4. The Morgan fingerprint density at radius 3 is 2.52 bits per heavy atom. The molecule has 0 saturated carbocycles. The average molecular weight is 671 g/mol. The molecule has 0 radical (unpaired) electrons. The van der Waals surface area contributed by atoms with Gasteiger partial charge >= 0.3 is 0 Å². The number of alkyl halides is 1. The summed E-state index contributed by atoms with van der Waals surface area (Å²) in [6.07, 6.45) is 6.82. The summed E-state index contributed by atoms with van der Waals surface area (Å²) in [6, 6.07) is 17.1. The van der Waals surface area contributed by atoms with E-state index in [4.69, 9.17) is 0 Å². The molecule has 0 spiro atoms. The number of aliphatic hydroxyl groups excluding tert-OH is 1. The minimum absolute atomic E-state index is 0.0644. The molecule has 2 aromatic carbocycles. The van der Waals surface area contributed by atoms with E-state index < -0.39 is 11.8 Å². The highest BCUT2D eigenvalue weighted by molar-refractivity contribution is 7.09. The van der Waals surface area contributed by atoms with Gasteiger partial charge in [-0.1, -0.05) is 30.3 Å². The number of ketones is 1. The molecule has 1 amide bonds. The summed E-state index contributed by atoms with van der Waals surface area (Å²) in [5.41, 5.74) is 3.70. The molecule has 1 aliphatic rings. The fourth-order valence-electron chi connectivity index (χ4n) is 6.43. The van der Waals surface area contributed by atoms with E-state index in [2.05, 4.69) is 9.97 Å². The van der Waals surface area contributed by atoms with Crippen LogP contribution in [0.1, 0.15) is 100 Å². The number of carbonyl (C=O) groups is 2. The molecule has 254 valence electrons. The van der Waals surface area contributed by atoms with Crippen LogP contribution in [-0.2, 0) is 18.5 Å². The Kier molecular flexibility index (Phi) is 11.4. The number of hydrogen-bond donors (Lipinski definition) is 1. The van der Waals surface area contributed by atoms with Crippen molar-refractivity contribution in [1.29, 1.82) is 0 Å². The Morgan fingerprint density at radius 1 is 1.08 bits per heavy atom. The van der Waals surface area contributed by atoms with Crippen LogP contribution in [0.2, 0.25) is 0 Å². The van der Waals surface area contributed by atoms with Crippen molar-refractivity contribution < 1.29 is 19.1 Å². The number of thiazole rings is 1. The van der Waals surface area contributed by atoms with Crippen molar-refractivity contribution in [3.63, 3.8) is 0 Å². The zero-order valence-corrected chi connectivity index (χ0v) is 29.5. The lowest BCUT2D eigenvalue weighted by molar-refractivity contribution is 0.0734. The quantitative estimate of drug-likeness (QED) is 0.137. The monoisotopic (exact) mass is 670 g/mol. The Labute approximate surface area is 287 Å². The van der Waals surface area contributed by atoms with Crippen LogP contribution in [0.3, 0.4) is 0 Å². The minimum Gasteiger partial charge on any atom is -0.393 e. The molecular weight excluding hydrogens is 624 g/mol. The smallest absolute Gasteiger partial charge is 0.254 e. The van der Waals surface area contributed by atoms with E-state index in [1.54, 1.807) is 29.8 Å². The van der Waals surface area contributed by atoms with Crippen LogP contribution >= 0.6 is 11.3 Å². The topological polar surface area (TPSA) is 86.6 Å². The van der Waals surface area contributed by atoms with E-state index in [0.29, 0.717) is 48.9 Å². The number of halogens is 1. The number of aromatic nitrogens is 2. The summed E-state index contributed by atoms with van der Waals surface area (Å²) in [7, 11) is 3.80. The van der Waals surface area contributed by atoms with E-state index in [1.165, 1.54) is 13.8 Å². The second kappa shape index (κ2) is 15.5. The third kappa shape index (κ3) is 8.94. The van der Waals surface area contributed by atoms with E-state index in [9.17, 15) is 19.1 Å². The summed E-state index contributed by atoms with van der Waals surface area (Å²) in [6.45, 7) is 5.64. The van der Waals surface area contributed by atoms with Gasteiger partial charge in [-0.25, -0.2) is 9.37 Å². The van der Waals surface area contributed by atoms with Gasteiger partial charge in [0.2, 0.25) is 0 Å². The minimum atomic E-state index is -1.48. The van der Waals surface area contributed by atoms with Gasteiger partial charge in [0.1, 0.15) is 10.7 Å². The van der Waals surface area contributed by atoms with Crippen LogP contribution < -0.4 is 4.90 Å². The van der Waals surface area contributed by atoms with Crippen molar-refractivity contribution in [2.75, 3.05) is 25.5 Å². The molecule has 1 fully saturated rings. The lowest BCUT2D eigenvalue weighted by Crippen LogP contribution is -2.31. The number of benzene rings is 2. The maximum atomic E-state index is 14.5. The van der Waals surface area contributed by atoms with Gasteiger partial charge in [-0.3, -0.25) is 14.6 Å². The van der Waals surface area contributed by atoms with Crippen LogP contribution in [-0.4, -0.2) is 58.4 Å². The summed E-state index contributed by atoms with van der Waals surface area (Å²) in [4.78, 5) is 40.7. The highest BCUT2D eigenvalue weighted by Gasteiger charge is 2.33. The van der Waals surface area contributed by atoms with Crippen LogP contribution in [0.4, 0.5) is 10.1 Å². The average Bonchev–Trinajstić information content (AvgIpc) is 3.73. The Balaban J connectivity index is 1.34. The van der Waals surface area contributed by atoms with Crippen LogP contribution in [0.15, 0.2) is 72.4 Å². The zero-order valence-electron chi connectivity index (χ0n) is 28.7. The first-order chi connectivity index (χ1) is 22.9. The number of nitrogens with zero attached hydrogens (tertiary/aromatic N) is 4. The summed E-state index contributed by atoms with van der Waals surface area (Å²) in [5.74, 6) is -0.533. The van der Waals surface area contributed by atoms with Gasteiger partial charge in [-0.05, 0) is 101 Å². The lowest BCUT2D eigenvalue weighted by Gasteiger charge is -2.25. The van der Waals surface area contributed by atoms with Gasteiger partial charge in [0.15, 0.2) is 5.78 Å². The Morgan fingerprint density at radius 2 is 1.83 bits per heavy atom. The Hall–Kier alpha value is -3.95. The molecular formula is C39H47FN4O3S. The molecule has 5 rings (SSSR count). The van der Waals surface area contributed by atoms with Gasteiger partial charge in [0.05, 0.1) is 12.1 Å². The predicted octanol–water partition coefficient (Wildman–Crippen LogP) is 7.91. The number of Topliss-reactive ketones (excluding diaryl/α,β-unsaturated/α-hetero) is 1. The second-order valence-electron chi connectivity index (χ2n) is 13.7. The molecule has 1 aliphatic heterocycles. The van der Waals surface area contributed by atoms with E-state index in [1.807, 2.05) is 84.7 Å². The molecule has 3 atom stereocenters. The molecule has 1 N–H and O–H groups in total. The molecule has 2 aromatic heterocycles. The molecule has 0 unspecified atom stereocenters. The van der Waals surface area contributed by atoms with E-state index in [0.717, 1.165) is 40.4 Å². The molecule has 1 saturated heterocycles. The molecule has 3 heterocycles. The third-order valence-electron chi connectivity index (χ3n) is 9.22. The molecule has 48 heavy (non-hydrogen) atoms. The fourth-order valence-corrected chi connectivity index (χ4v) is 7.37. The number of anilines is 1. The Bertz CT molecular complexity index is 1700. The molecule has 7 nitrogen and oxygen atoms in total. The van der Waals surface area contributed by atoms with Crippen molar-refractivity contribution in [2.24, 2.45) is 5.92 Å². The van der Waals surface area contributed by atoms with E-state index >= 15 is 0 Å². The number of likely N-dealkylation sites (tertiary alicyclic amines) is 1. The lowest BCUT2D eigenvalue weighted by atomic mass is 9.85. The normalized spacial score (nSPS) is 16.1. The van der Waals surface area contributed by atoms with Crippen molar-refractivity contribution in [3.05, 3.63) is 111 Å². The molecule has 9 heteroatoms. The molecule has 4 aromatic rings. The number of aryl methyl sites for hydroxylation is 2. The van der Waals surface area contributed by atoms with Crippen LogP contribution in [0.25, 0.3) is 0 Å². The summed E-state index contributed by atoms with van der Waals surface area (Å²) >= 11 is 1.59. The first-order valence-electron chi connectivity index (χ1n) is 16.8. The standard InChI is InChI=1S/C39H47FN4O3S/c1-26-25-48-37(42-26)34-14-10-16-44(34)38(47)31-19-30(20-33(21-31)43(4)5)36(46)22-29(17-27-11-7-6-8-12-27)35(45)15-9-13-28-18-32(24-41-23-28)39(2,3)40/h6-8,11-12,18-21,23-25,29,34-35,45H,9-10,13-17,22H2,1-5H3/t29-,34-,35-/m1/s1. The van der Waals surface area contributed by atoms with Gasteiger partial charge in [-0.2, -0.15) is 0 Å². The second-order valence-corrected chi connectivity index (χ2v) is 14.6. The number of hydrogen-bond acceptors (Lipinski definition) is 7. The van der Waals surface area contributed by atoms with Crippen LogP contribution in [0, 0.1) is 12.8 Å². The first kappa shape index (κ1) is 35.4. The highest BCUT2D eigenvalue weighted by atomic mass is 32.1. The maximum Gasteiger partial charge on any atom is 0.254 e. The number of amides is 1. The predicted molar refractivity (Wildman–Crippen MR) is 191 cm³/mol. The highest BCUT2D eigenvalue weighted by Crippen LogP contribution is 2.35. The fraction of sp³-hybridized carbons (Fsp3) is 0.436. The largest absolute Gasteiger partial charge is 0.393 e. The van der Waals surface area contributed by atoms with Gasteiger partial charge < -0.3 is 14.9 Å². The van der Waals surface area contributed by atoms with Crippen molar-refractivity contribution in [3.8, 4) is 0 Å². The number of pyridine rings is 1. The van der Waals surface area contributed by atoms with Crippen molar-refractivity contribution >= 4 is 28.7 Å². The summed E-state index contributed by atoms with van der Waals surface area (Å²) < 4.78 is 14.5. The van der Waals surface area contributed by atoms with Crippen molar-refractivity contribution in [1.82, 2.24) is 14.9 Å². The van der Waals surface area contributed by atoms with Crippen LogP contribution in [0.5, 0.6) is 0 Å². The molecule has 0 bridgehead atoms. The van der Waals surface area contributed by atoms with E-state index in [-0.39, 0.29) is 30.1 Å². The van der Waals surface area contributed by atoms with Gasteiger partial charge in [0, 0.05) is 72.9 Å². The van der Waals surface area contributed by atoms with Crippen molar-refractivity contribution in [2.45, 2.75) is 83.5 Å². The number of aliphatic hydroxyl groups is 1. The molecule has 0 aliphatic carbocycles. The van der Waals surface area contributed by atoms with Gasteiger partial charge in [0.25, 0.3) is 5.91 Å².